The number of amides is 1. The van der Waals surface area contributed by atoms with Gasteiger partial charge in [0.05, 0.1) is 5.56 Å². The SMILES string of the molecule is Cc1cc(CCNC(=O)c2cccnc2)c(C)[nH]1. The Bertz CT molecular complexity index is 531. The molecule has 0 aliphatic heterocycles. The van der Waals surface area contributed by atoms with Crippen molar-refractivity contribution in [2.24, 2.45) is 0 Å². The molecule has 0 spiro atoms. The van der Waals surface area contributed by atoms with Crippen LogP contribution >= 0.6 is 0 Å². The van der Waals surface area contributed by atoms with Crippen LogP contribution in [0.25, 0.3) is 0 Å². The smallest absolute Gasteiger partial charge is 0.252 e. The molecule has 0 unspecified atom stereocenters. The van der Waals surface area contributed by atoms with Gasteiger partial charge >= 0.3 is 0 Å². The van der Waals surface area contributed by atoms with Crippen LogP contribution in [0.2, 0.25) is 0 Å². The maximum atomic E-state index is 11.8. The zero-order valence-corrected chi connectivity index (χ0v) is 10.7. The molecular weight excluding hydrogens is 226 g/mol. The Morgan fingerprint density at radius 3 is 2.89 bits per heavy atom. The number of hydrogen-bond acceptors (Lipinski definition) is 2. The van der Waals surface area contributed by atoms with Crippen LogP contribution in [0.15, 0.2) is 30.6 Å². The van der Waals surface area contributed by atoms with Gasteiger partial charge in [-0.05, 0) is 44.0 Å². The predicted octanol–water partition coefficient (Wildman–Crippen LogP) is 2.00. The molecule has 94 valence electrons. The molecule has 4 nitrogen and oxygen atoms in total. The molecule has 0 saturated heterocycles. The maximum absolute atomic E-state index is 11.8. The van der Waals surface area contributed by atoms with E-state index in [1.165, 1.54) is 11.3 Å². The minimum absolute atomic E-state index is 0.0759. The standard InChI is InChI=1S/C14H17N3O/c1-10-8-12(11(2)17-10)5-7-16-14(18)13-4-3-6-15-9-13/h3-4,6,8-9,17H,5,7H2,1-2H3,(H,16,18). The Hall–Kier alpha value is -2.10. The number of aryl methyl sites for hydroxylation is 2. The van der Waals surface area contributed by atoms with Gasteiger partial charge in [-0.1, -0.05) is 0 Å². The first-order valence-corrected chi connectivity index (χ1v) is 6.00. The van der Waals surface area contributed by atoms with Gasteiger partial charge in [0.25, 0.3) is 5.91 Å². The number of carbonyl (C=O) groups is 1. The molecule has 2 N–H and O–H groups in total. The molecule has 0 aliphatic rings. The molecule has 1 amide bonds. The third-order valence-electron chi connectivity index (χ3n) is 2.86. The van der Waals surface area contributed by atoms with Crippen LogP contribution in [0.5, 0.6) is 0 Å². The van der Waals surface area contributed by atoms with Gasteiger partial charge in [0.15, 0.2) is 0 Å². The molecule has 0 saturated carbocycles. The zero-order chi connectivity index (χ0) is 13.0. The molecule has 0 radical (unpaired) electrons. The molecule has 2 rings (SSSR count). The van der Waals surface area contributed by atoms with E-state index in [-0.39, 0.29) is 5.91 Å². The number of nitrogens with zero attached hydrogens (tertiary/aromatic N) is 1. The Morgan fingerprint density at radius 2 is 2.28 bits per heavy atom. The van der Waals surface area contributed by atoms with Crippen LogP contribution in [0.4, 0.5) is 0 Å². The fourth-order valence-electron chi connectivity index (χ4n) is 1.95. The number of rotatable bonds is 4. The first-order chi connectivity index (χ1) is 8.66. The van der Waals surface area contributed by atoms with Crippen LogP contribution in [-0.2, 0) is 6.42 Å². The van der Waals surface area contributed by atoms with E-state index in [0.29, 0.717) is 12.1 Å². The predicted molar refractivity (Wildman–Crippen MR) is 70.5 cm³/mol. The second-order valence-electron chi connectivity index (χ2n) is 4.35. The fourth-order valence-corrected chi connectivity index (χ4v) is 1.95. The van der Waals surface area contributed by atoms with Crippen molar-refractivity contribution in [3.05, 3.63) is 53.1 Å². The summed E-state index contributed by atoms with van der Waals surface area (Å²) in [5, 5.41) is 2.89. The molecule has 0 atom stereocenters. The molecule has 2 aromatic heterocycles. The third kappa shape index (κ3) is 2.97. The highest BCUT2D eigenvalue weighted by atomic mass is 16.1. The monoisotopic (exact) mass is 243 g/mol. The quantitative estimate of drug-likeness (QED) is 0.863. The first-order valence-electron chi connectivity index (χ1n) is 6.00. The second-order valence-corrected chi connectivity index (χ2v) is 4.35. The van der Waals surface area contributed by atoms with Crippen molar-refractivity contribution in [1.82, 2.24) is 15.3 Å². The van der Waals surface area contributed by atoms with Gasteiger partial charge in [-0.3, -0.25) is 9.78 Å². The topological polar surface area (TPSA) is 57.8 Å². The highest BCUT2D eigenvalue weighted by molar-refractivity contribution is 5.93. The van der Waals surface area contributed by atoms with E-state index in [2.05, 4.69) is 21.4 Å². The summed E-state index contributed by atoms with van der Waals surface area (Å²) in [5.41, 5.74) is 4.17. The lowest BCUT2D eigenvalue weighted by Gasteiger charge is -2.04. The van der Waals surface area contributed by atoms with Crippen molar-refractivity contribution < 1.29 is 4.79 Å². The van der Waals surface area contributed by atoms with Gasteiger partial charge in [0.2, 0.25) is 0 Å². The van der Waals surface area contributed by atoms with E-state index < -0.39 is 0 Å². The molecule has 0 aliphatic carbocycles. The van der Waals surface area contributed by atoms with Crippen molar-refractivity contribution in [3.8, 4) is 0 Å². The number of H-pyrrole nitrogens is 1. The fraction of sp³-hybridized carbons (Fsp3) is 0.286. The number of hydrogen-bond donors (Lipinski definition) is 2. The Labute approximate surface area is 106 Å². The van der Waals surface area contributed by atoms with E-state index in [9.17, 15) is 4.79 Å². The van der Waals surface area contributed by atoms with Crippen molar-refractivity contribution in [1.29, 1.82) is 0 Å². The molecule has 4 heteroatoms. The zero-order valence-electron chi connectivity index (χ0n) is 10.7. The number of pyridine rings is 1. The summed E-state index contributed by atoms with van der Waals surface area (Å²) in [6, 6.07) is 5.63. The summed E-state index contributed by atoms with van der Waals surface area (Å²) in [6.07, 6.45) is 4.06. The van der Waals surface area contributed by atoms with Crippen molar-refractivity contribution in [2.75, 3.05) is 6.54 Å². The van der Waals surface area contributed by atoms with Crippen LogP contribution in [-0.4, -0.2) is 22.4 Å². The largest absolute Gasteiger partial charge is 0.362 e. The molecule has 0 aromatic carbocycles. The number of aromatic nitrogens is 2. The summed E-state index contributed by atoms with van der Waals surface area (Å²) in [7, 11) is 0. The molecular formula is C14H17N3O. The van der Waals surface area contributed by atoms with Gasteiger partial charge in [-0.2, -0.15) is 0 Å². The summed E-state index contributed by atoms with van der Waals surface area (Å²) in [6.45, 7) is 4.71. The molecule has 0 fully saturated rings. The van der Waals surface area contributed by atoms with Crippen LogP contribution < -0.4 is 5.32 Å². The summed E-state index contributed by atoms with van der Waals surface area (Å²) in [4.78, 5) is 18.9. The lowest BCUT2D eigenvalue weighted by Crippen LogP contribution is -2.25. The third-order valence-corrected chi connectivity index (χ3v) is 2.86. The van der Waals surface area contributed by atoms with E-state index >= 15 is 0 Å². The maximum Gasteiger partial charge on any atom is 0.252 e. The molecule has 2 heterocycles. The minimum atomic E-state index is -0.0759. The molecule has 18 heavy (non-hydrogen) atoms. The normalized spacial score (nSPS) is 10.3. The van der Waals surface area contributed by atoms with E-state index in [1.807, 2.05) is 13.8 Å². The van der Waals surface area contributed by atoms with E-state index in [1.54, 1.807) is 24.5 Å². The lowest BCUT2D eigenvalue weighted by atomic mass is 10.2. The summed E-state index contributed by atoms with van der Waals surface area (Å²) < 4.78 is 0. The van der Waals surface area contributed by atoms with E-state index in [0.717, 1.165) is 12.1 Å². The van der Waals surface area contributed by atoms with Crippen LogP contribution in [0.1, 0.15) is 27.3 Å². The first kappa shape index (κ1) is 12.4. The van der Waals surface area contributed by atoms with E-state index in [4.69, 9.17) is 0 Å². The lowest BCUT2D eigenvalue weighted by molar-refractivity contribution is 0.0954. The number of aromatic amines is 1. The van der Waals surface area contributed by atoms with Gasteiger partial charge in [-0.15, -0.1) is 0 Å². The highest BCUT2D eigenvalue weighted by Crippen LogP contribution is 2.09. The average Bonchev–Trinajstić information content (AvgIpc) is 2.69. The Kier molecular flexibility index (Phi) is 3.77. The Morgan fingerprint density at radius 1 is 1.44 bits per heavy atom. The number of nitrogens with one attached hydrogen (secondary N) is 2. The Balaban J connectivity index is 1.86. The van der Waals surface area contributed by atoms with Crippen LogP contribution in [0.3, 0.4) is 0 Å². The number of carbonyl (C=O) groups excluding carboxylic acids is 1. The van der Waals surface area contributed by atoms with Gasteiger partial charge in [0, 0.05) is 30.3 Å². The molecule has 2 aromatic rings. The summed E-state index contributed by atoms with van der Waals surface area (Å²) >= 11 is 0. The van der Waals surface area contributed by atoms with Crippen molar-refractivity contribution >= 4 is 5.91 Å². The van der Waals surface area contributed by atoms with Gasteiger partial charge < -0.3 is 10.3 Å². The van der Waals surface area contributed by atoms with Crippen LogP contribution in [0, 0.1) is 13.8 Å². The molecule has 0 bridgehead atoms. The summed E-state index contributed by atoms with van der Waals surface area (Å²) in [5.74, 6) is -0.0759. The second kappa shape index (κ2) is 5.49. The highest BCUT2D eigenvalue weighted by Gasteiger charge is 2.05. The minimum Gasteiger partial charge on any atom is -0.362 e. The van der Waals surface area contributed by atoms with Crippen molar-refractivity contribution in [2.45, 2.75) is 20.3 Å². The average molecular weight is 243 g/mol. The van der Waals surface area contributed by atoms with Gasteiger partial charge in [0.1, 0.15) is 0 Å². The van der Waals surface area contributed by atoms with Crippen molar-refractivity contribution in [3.63, 3.8) is 0 Å². The van der Waals surface area contributed by atoms with Gasteiger partial charge in [-0.25, -0.2) is 0 Å².